The van der Waals surface area contributed by atoms with Gasteiger partial charge in [0.15, 0.2) is 0 Å². The summed E-state index contributed by atoms with van der Waals surface area (Å²) in [6.45, 7) is 1.77. The Labute approximate surface area is 167 Å². The van der Waals surface area contributed by atoms with Gasteiger partial charge in [-0.15, -0.1) is 0 Å². The lowest BCUT2D eigenvalue weighted by Gasteiger charge is -2.24. The molecule has 2 aliphatic heterocycles. The van der Waals surface area contributed by atoms with Gasteiger partial charge in [0.2, 0.25) is 0 Å². The van der Waals surface area contributed by atoms with Crippen LogP contribution in [0.1, 0.15) is 32.4 Å². The topological polar surface area (TPSA) is 90.9 Å². The van der Waals surface area contributed by atoms with Crippen molar-refractivity contribution >= 4 is 17.5 Å². The van der Waals surface area contributed by atoms with E-state index in [9.17, 15) is 19.1 Å². The Balaban J connectivity index is 1.34. The van der Waals surface area contributed by atoms with Crippen molar-refractivity contribution in [1.82, 2.24) is 10.2 Å². The van der Waals surface area contributed by atoms with E-state index in [1.54, 1.807) is 36.4 Å². The molecule has 0 bridgehead atoms. The van der Waals surface area contributed by atoms with E-state index in [0.717, 1.165) is 11.4 Å². The van der Waals surface area contributed by atoms with Crippen LogP contribution in [-0.2, 0) is 4.74 Å². The van der Waals surface area contributed by atoms with E-state index in [-0.39, 0.29) is 19.2 Å². The first-order valence-electron chi connectivity index (χ1n) is 9.53. The molecule has 2 aliphatic rings. The lowest BCUT2D eigenvalue weighted by atomic mass is 10.1. The highest BCUT2D eigenvalue weighted by Gasteiger charge is 2.36. The van der Waals surface area contributed by atoms with Crippen LogP contribution < -0.4 is 10.6 Å². The number of fused-ring (bicyclic) bond motifs is 1. The Morgan fingerprint density at radius 3 is 2.55 bits per heavy atom. The summed E-state index contributed by atoms with van der Waals surface area (Å²) in [6, 6.07) is 11.3. The van der Waals surface area contributed by atoms with Gasteiger partial charge >= 0.3 is 0 Å². The molecule has 2 aromatic carbocycles. The van der Waals surface area contributed by atoms with Crippen molar-refractivity contribution in [3.8, 4) is 0 Å². The summed E-state index contributed by atoms with van der Waals surface area (Å²) in [5.41, 5.74) is 1.66. The number of nitrogens with one attached hydrogen (secondary N) is 2. The SMILES string of the molecule is O=C1c2ccccc2C(=O)N1C[C@H](O)CNc1ccc(C2CNCCO2)c(F)c1. The molecular weight excluding hydrogens is 377 g/mol. The van der Waals surface area contributed by atoms with E-state index < -0.39 is 23.7 Å². The zero-order valence-electron chi connectivity index (χ0n) is 15.7. The van der Waals surface area contributed by atoms with E-state index in [4.69, 9.17) is 4.74 Å². The molecule has 2 aromatic rings. The summed E-state index contributed by atoms with van der Waals surface area (Å²) in [4.78, 5) is 25.7. The third-order valence-corrected chi connectivity index (χ3v) is 5.09. The van der Waals surface area contributed by atoms with Gasteiger partial charge in [-0.3, -0.25) is 14.5 Å². The van der Waals surface area contributed by atoms with Crippen molar-refractivity contribution < 1.29 is 23.8 Å². The Bertz CT molecular complexity index is 895. The van der Waals surface area contributed by atoms with Gasteiger partial charge in [0, 0.05) is 30.9 Å². The summed E-state index contributed by atoms with van der Waals surface area (Å²) < 4.78 is 20.0. The normalized spacial score (nSPS) is 19.9. The Morgan fingerprint density at radius 2 is 1.93 bits per heavy atom. The molecule has 0 aromatic heterocycles. The highest BCUT2D eigenvalue weighted by molar-refractivity contribution is 6.21. The molecule has 29 heavy (non-hydrogen) atoms. The smallest absolute Gasteiger partial charge is 0.261 e. The van der Waals surface area contributed by atoms with Crippen LogP contribution in [0.4, 0.5) is 10.1 Å². The largest absolute Gasteiger partial charge is 0.389 e. The number of halogens is 1. The molecule has 8 heteroatoms. The first-order chi connectivity index (χ1) is 14.0. The minimum absolute atomic E-state index is 0.0632. The first kappa shape index (κ1) is 19.5. The van der Waals surface area contributed by atoms with Crippen LogP contribution >= 0.6 is 0 Å². The lowest BCUT2D eigenvalue weighted by molar-refractivity contribution is 0.0255. The monoisotopic (exact) mass is 399 g/mol. The molecule has 3 N–H and O–H groups in total. The molecule has 2 heterocycles. The maximum Gasteiger partial charge on any atom is 0.261 e. The number of morpholine rings is 1. The molecule has 152 valence electrons. The Morgan fingerprint density at radius 1 is 1.21 bits per heavy atom. The highest BCUT2D eigenvalue weighted by atomic mass is 19.1. The van der Waals surface area contributed by atoms with Gasteiger partial charge in [-0.25, -0.2) is 4.39 Å². The number of hydrogen-bond acceptors (Lipinski definition) is 6. The molecule has 2 atom stereocenters. The zero-order valence-corrected chi connectivity index (χ0v) is 15.7. The minimum Gasteiger partial charge on any atom is -0.389 e. The second-order valence-electron chi connectivity index (χ2n) is 7.10. The van der Waals surface area contributed by atoms with Crippen molar-refractivity contribution in [2.24, 2.45) is 0 Å². The van der Waals surface area contributed by atoms with Crippen molar-refractivity contribution in [2.75, 3.05) is 38.1 Å². The molecule has 0 radical (unpaired) electrons. The number of imide groups is 1. The molecular formula is C21H22FN3O4. The molecule has 0 spiro atoms. The van der Waals surface area contributed by atoms with Gasteiger partial charge < -0.3 is 20.5 Å². The fourth-order valence-electron chi connectivity index (χ4n) is 3.58. The van der Waals surface area contributed by atoms with Crippen LogP contribution in [-0.4, -0.2) is 60.7 Å². The highest BCUT2D eigenvalue weighted by Crippen LogP contribution is 2.25. The number of aliphatic hydroxyl groups is 1. The number of β-amino-alcohol motifs (C(OH)–C–C–N with tert-alkyl or cyclic N) is 1. The number of rotatable bonds is 6. The summed E-state index contributed by atoms with van der Waals surface area (Å²) in [7, 11) is 0. The van der Waals surface area contributed by atoms with Crippen LogP contribution in [0.5, 0.6) is 0 Å². The van der Waals surface area contributed by atoms with Gasteiger partial charge in [0.05, 0.1) is 36.5 Å². The number of amides is 2. The lowest BCUT2D eigenvalue weighted by Crippen LogP contribution is -2.39. The van der Waals surface area contributed by atoms with Crippen LogP contribution in [0, 0.1) is 5.82 Å². The third-order valence-electron chi connectivity index (χ3n) is 5.09. The third kappa shape index (κ3) is 4.00. The number of benzene rings is 2. The summed E-state index contributed by atoms with van der Waals surface area (Å²) >= 11 is 0. The molecule has 4 rings (SSSR count). The number of hydrogen-bond donors (Lipinski definition) is 3. The van der Waals surface area contributed by atoms with Gasteiger partial charge in [-0.1, -0.05) is 18.2 Å². The summed E-state index contributed by atoms with van der Waals surface area (Å²) in [6.07, 6.45) is -1.32. The van der Waals surface area contributed by atoms with Crippen LogP contribution in [0.2, 0.25) is 0 Å². The number of ether oxygens (including phenoxy) is 1. The number of carbonyl (C=O) groups excluding carboxylic acids is 2. The first-order valence-corrected chi connectivity index (χ1v) is 9.53. The van der Waals surface area contributed by atoms with Crippen molar-refractivity contribution in [2.45, 2.75) is 12.2 Å². The summed E-state index contributed by atoms with van der Waals surface area (Å²) in [5, 5.41) is 16.4. The number of aliphatic hydroxyl groups excluding tert-OH is 1. The van der Waals surface area contributed by atoms with Gasteiger partial charge in [0.25, 0.3) is 11.8 Å². The van der Waals surface area contributed by atoms with Gasteiger partial charge in [-0.05, 0) is 24.3 Å². The molecule has 1 saturated heterocycles. The molecule has 1 fully saturated rings. The average Bonchev–Trinajstić information content (AvgIpc) is 2.98. The van der Waals surface area contributed by atoms with E-state index in [1.807, 2.05) is 0 Å². The minimum atomic E-state index is -0.995. The second kappa shape index (κ2) is 8.28. The van der Waals surface area contributed by atoms with E-state index >= 15 is 0 Å². The maximum absolute atomic E-state index is 14.4. The number of carbonyl (C=O) groups is 2. The standard InChI is InChI=1S/C21H22FN3O4/c22-18-9-13(5-6-17(18)19-11-23-7-8-29-19)24-10-14(26)12-25-20(27)15-3-1-2-4-16(15)21(25)28/h1-6,9,14,19,23-24,26H,7-8,10-12H2/t14-,19?/m1/s1. The molecule has 1 unspecified atom stereocenters. The molecule has 0 aliphatic carbocycles. The molecule has 2 amide bonds. The predicted octanol–water partition coefficient (Wildman–Crippen LogP) is 1.56. The van der Waals surface area contributed by atoms with Crippen molar-refractivity contribution in [1.29, 1.82) is 0 Å². The van der Waals surface area contributed by atoms with E-state index in [1.165, 1.54) is 6.07 Å². The Kier molecular flexibility index (Phi) is 5.57. The van der Waals surface area contributed by atoms with Crippen LogP contribution in [0.3, 0.4) is 0 Å². The van der Waals surface area contributed by atoms with Crippen LogP contribution in [0.25, 0.3) is 0 Å². The average molecular weight is 399 g/mol. The van der Waals surface area contributed by atoms with E-state index in [0.29, 0.717) is 35.5 Å². The van der Waals surface area contributed by atoms with Crippen LogP contribution in [0.15, 0.2) is 42.5 Å². The predicted molar refractivity (Wildman–Crippen MR) is 104 cm³/mol. The van der Waals surface area contributed by atoms with Gasteiger partial charge in [0.1, 0.15) is 5.82 Å². The molecule has 0 saturated carbocycles. The fraction of sp³-hybridized carbons (Fsp3) is 0.333. The quantitative estimate of drug-likeness (QED) is 0.639. The molecule has 7 nitrogen and oxygen atoms in total. The fourth-order valence-corrected chi connectivity index (χ4v) is 3.58. The Hall–Kier alpha value is -2.81. The van der Waals surface area contributed by atoms with Gasteiger partial charge in [-0.2, -0.15) is 0 Å². The van der Waals surface area contributed by atoms with E-state index in [2.05, 4.69) is 10.6 Å². The maximum atomic E-state index is 14.4. The summed E-state index contributed by atoms with van der Waals surface area (Å²) in [5.74, 6) is -1.22. The zero-order chi connectivity index (χ0) is 20.4. The number of anilines is 1. The van der Waals surface area contributed by atoms with Crippen molar-refractivity contribution in [3.63, 3.8) is 0 Å². The second-order valence-corrected chi connectivity index (χ2v) is 7.10. The van der Waals surface area contributed by atoms with Crippen molar-refractivity contribution in [3.05, 3.63) is 65.0 Å². The number of nitrogens with zero attached hydrogens (tertiary/aromatic N) is 1.